The lowest BCUT2D eigenvalue weighted by molar-refractivity contribution is 0.123. The van der Waals surface area contributed by atoms with Gasteiger partial charge in [-0.2, -0.15) is 0 Å². The number of likely N-dealkylation sites (tertiary alicyclic amines) is 1. The van der Waals surface area contributed by atoms with Crippen molar-refractivity contribution in [2.75, 3.05) is 13.1 Å². The quantitative estimate of drug-likeness (QED) is 0.796. The lowest BCUT2D eigenvalue weighted by atomic mass is 10.00. The highest BCUT2D eigenvalue weighted by Gasteiger charge is 2.41. The van der Waals surface area contributed by atoms with Crippen LogP contribution < -0.4 is 0 Å². The first-order valence-corrected chi connectivity index (χ1v) is 6.10. The minimum atomic E-state index is -0.0589. The number of aromatic nitrogens is 2. The standard InChI is InChI=1S/C12H19N3O/c1-14-5-4-13-12(14)8-15-6-9-2-3-11(16)10(9)7-15/h4-5,9-11,16H,2-3,6-8H2,1H3. The van der Waals surface area contributed by atoms with Gasteiger partial charge in [0.1, 0.15) is 5.82 Å². The van der Waals surface area contributed by atoms with Gasteiger partial charge in [0.2, 0.25) is 0 Å². The number of fused-ring (bicyclic) bond motifs is 1. The van der Waals surface area contributed by atoms with Gasteiger partial charge in [-0.05, 0) is 18.8 Å². The number of nitrogens with zero attached hydrogens (tertiary/aromatic N) is 3. The van der Waals surface area contributed by atoms with Crippen molar-refractivity contribution in [3.8, 4) is 0 Å². The Morgan fingerprint density at radius 3 is 3.00 bits per heavy atom. The maximum atomic E-state index is 9.85. The molecular formula is C12H19N3O. The molecule has 1 saturated carbocycles. The van der Waals surface area contributed by atoms with Crippen LogP contribution in [0.5, 0.6) is 0 Å². The molecule has 1 aliphatic heterocycles. The summed E-state index contributed by atoms with van der Waals surface area (Å²) in [5.41, 5.74) is 0. The smallest absolute Gasteiger partial charge is 0.122 e. The molecule has 4 heteroatoms. The van der Waals surface area contributed by atoms with E-state index in [1.165, 1.54) is 6.42 Å². The molecule has 2 aliphatic rings. The first-order chi connectivity index (χ1) is 7.74. The van der Waals surface area contributed by atoms with Gasteiger partial charge in [-0.1, -0.05) is 0 Å². The van der Waals surface area contributed by atoms with E-state index in [9.17, 15) is 5.11 Å². The number of imidazole rings is 1. The van der Waals surface area contributed by atoms with E-state index in [0.29, 0.717) is 5.92 Å². The highest BCUT2D eigenvalue weighted by molar-refractivity contribution is 4.97. The van der Waals surface area contributed by atoms with E-state index in [1.807, 2.05) is 19.4 Å². The molecule has 1 N–H and O–H groups in total. The maximum Gasteiger partial charge on any atom is 0.122 e. The van der Waals surface area contributed by atoms with Gasteiger partial charge in [0.15, 0.2) is 0 Å². The number of aryl methyl sites for hydroxylation is 1. The van der Waals surface area contributed by atoms with Crippen LogP contribution in [-0.4, -0.2) is 38.8 Å². The zero-order chi connectivity index (χ0) is 11.1. The predicted molar refractivity (Wildman–Crippen MR) is 60.7 cm³/mol. The zero-order valence-corrected chi connectivity index (χ0v) is 9.71. The van der Waals surface area contributed by atoms with Gasteiger partial charge in [-0.15, -0.1) is 0 Å². The van der Waals surface area contributed by atoms with Crippen LogP contribution >= 0.6 is 0 Å². The van der Waals surface area contributed by atoms with Gasteiger partial charge in [-0.3, -0.25) is 4.90 Å². The minimum absolute atomic E-state index is 0.0589. The van der Waals surface area contributed by atoms with Crippen molar-refractivity contribution in [3.05, 3.63) is 18.2 Å². The van der Waals surface area contributed by atoms with Crippen LogP contribution in [0.2, 0.25) is 0 Å². The first kappa shape index (κ1) is 10.3. The summed E-state index contributed by atoms with van der Waals surface area (Å²) >= 11 is 0. The summed E-state index contributed by atoms with van der Waals surface area (Å²) < 4.78 is 2.07. The number of aliphatic hydroxyl groups excluding tert-OH is 1. The lowest BCUT2D eigenvalue weighted by Crippen LogP contribution is -2.25. The number of aliphatic hydroxyl groups is 1. The lowest BCUT2D eigenvalue weighted by Gasteiger charge is -2.17. The van der Waals surface area contributed by atoms with Crippen LogP contribution in [0.15, 0.2) is 12.4 Å². The average molecular weight is 221 g/mol. The highest BCUT2D eigenvalue weighted by Crippen LogP contribution is 2.38. The molecular weight excluding hydrogens is 202 g/mol. The van der Waals surface area contributed by atoms with Crippen LogP contribution in [0.1, 0.15) is 18.7 Å². The van der Waals surface area contributed by atoms with E-state index in [4.69, 9.17) is 0 Å². The number of hydrogen-bond donors (Lipinski definition) is 1. The highest BCUT2D eigenvalue weighted by atomic mass is 16.3. The van der Waals surface area contributed by atoms with E-state index >= 15 is 0 Å². The fraction of sp³-hybridized carbons (Fsp3) is 0.750. The summed E-state index contributed by atoms with van der Waals surface area (Å²) in [5.74, 6) is 2.35. The van der Waals surface area contributed by atoms with Gasteiger partial charge in [-0.25, -0.2) is 4.98 Å². The van der Waals surface area contributed by atoms with Crippen molar-refractivity contribution in [1.82, 2.24) is 14.5 Å². The summed E-state index contributed by atoms with van der Waals surface area (Å²) in [6.07, 6.45) is 5.98. The van der Waals surface area contributed by atoms with Gasteiger partial charge in [0.05, 0.1) is 12.6 Å². The fourth-order valence-electron chi connectivity index (χ4n) is 3.21. The second kappa shape index (κ2) is 3.86. The Labute approximate surface area is 95.9 Å². The molecule has 4 nitrogen and oxygen atoms in total. The zero-order valence-electron chi connectivity index (χ0n) is 9.71. The van der Waals surface area contributed by atoms with Gasteiger partial charge in [0, 0.05) is 38.4 Å². The van der Waals surface area contributed by atoms with Crippen LogP contribution in [0, 0.1) is 11.8 Å². The molecule has 16 heavy (non-hydrogen) atoms. The van der Waals surface area contributed by atoms with E-state index in [2.05, 4.69) is 14.5 Å². The third-order valence-electron chi connectivity index (χ3n) is 4.18. The van der Waals surface area contributed by atoms with Gasteiger partial charge in [0.25, 0.3) is 0 Å². The Morgan fingerprint density at radius 2 is 2.31 bits per heavy atom. The first-order valence-electron chi connectivity index (χ1n) is 6.10. The minimum Gasteiger partial charge on any atom is -0.393 e. The topological polar surface area (TPSA) is 41.3 Å². The van der Waals surface area contributed by atoms with Gasteiger partial charge < -0.3 is 9.67 Å². The summed E-state index contributed by atoms with van der Waals surface area (Å²) in [7, 11) is 2.04. The molecule has 88 valence electrons. The van der Waals surface area contributed by atoms with Crippen molar-refractivity contribution in [3.63, 3.8) is 0 Å². The summed E-state index contributed by atoms with van der Waals surface area (Å²) in [4.78, 5) is 6.78. The number of hydrogen-bond acceptors (Lipinski definition) is 3. The van der Waals surface area contributed by atoms with E-state index in [1.54, 1.807) is 0 Å². The Kier molecular flexibility index (Phi) is 2.48. The SMILES string of the molecule is Cn1ccnc1CN1CC2CCC(O)C2C1. The second-order valence-electron chi connectivity index (χ2n) is 5.22. The van der Waals surface area contributed by atoms with E-state index in [-0.39, 0.29) is 6.10 Å². The molecule has 0 amide bonds. The van der Waals surface area contributed by atoms with Crippen LogP contribution in [0.3, 0.4) is 0 Å². The maximum absolute atomic E-state index is 9.85. The molecule has 3 atom stereocenters. The van der Waals surface area contributed by atoms with Crippen molar-refractivity contribution in [2.45, 2.75) is 25.5 Å². The molecule has 0 spiro atoms. The Hall–Kier alpha value is -0.870. The Morgan fingerprint density at radius 1 is 1.44 bits per heavy atom. The molecule has 0 radical (unpaired) electrons. The predicted octanol–water partition coefficient (Wildman–Crippen LogP) is 0.623. The molecule has 1 saturated heterocycles. The summed E-state index contributed by atoms with van der Waals surface area (Å²) in [5, 5.41) is 9.85. The summed E-state index contributed by atoms with van der Waals surface area (Å²) in [6.45, 7) is 3.09. The van der Waals surface area contributed by atoms with Crippen molar-refractivity contribution < 1.29 is 5.11 Å². The number of rotatable bonds is 2. The van der Waals surface area contributed by atoms with Crippen molar-refractivity contribution in [2.24, 2.45) is 18.9 Å². The Bertz CT molecular complexity index is 376. The van der Waals surface area contributed by atoms with E-state index < -0.39 is 0 Å². The molecule has 1 aromatic rings. The molecule has 0 bridgehead atoms. The third-order valence-corrected chi connectivity index (χ3v) is 4.18. The van der Waals surface area contributed by atoms with Crippen LogP contribution in [-0.2, 0) is 13.6 Å². The van der Waals surface area contributed by atoms with Crippen molar-refractivity contribution in [1.29, 1.82) is 0 Å². The monoisotopic (exact) mass is 221 g/mol. The van der Waals surface area contributed by atoms with Crippen LogP contribution in [0.25, 0.3) is 0 Å². The Balaban J connectivity index is 1.65. The molecule has 1 aromatic heterocycles. The molecule has 2 heterocycles. The molecule has 1 aliphatic carbocycles. The van der Waals surface area contributed by atoms with Crippen LogP contribution in [0.4, 0.5) is 0 Å². The molecule has 3 unspecified atom stereocenters. The second-order valence-corrected chi connectivity index (χ2v) is 5.22. The van der Waals surface area contributed by atoms with E-state index in [0.717, 1.165) is 37.8 Å². The molecule has 3 rings (SSSR count). The average Bonchev–Trinajstić information content (AvgIpc) is 2.90. The molecule has 0 aromatic carbocycles. The summed E-state index contributed by atoms with van der Waals surface area (Å²) in [6, 6.07) is 0. The molecule has 2 fully saturated rings. The largest absolute Gasteiger partial charge is 0.393 e. The van der Waals surface area contributed by atoms with Gasteiger partial charge >= 0.3 is 0 Å². The fourth-order valence-corrected chi connectivity index (χ4v) is 3.21. The normalized spacial score (nSPS) is 34.5. The third kappa shape index (κ3) is 1.66. The van der Waals surface area contributed by atoms with Crippen molar-refractivity contribution >= 4 is 0 Å².